The summed E-state index contributed by atoms with van der Waals surface area (Å²) in [6.07, 6.45) is 2.24. The lowest BCUT2D eigenvalue weighted by molar-refractivity contribution is -0.476. The lowest BCUT2D eigenvalue weighted by atomic mass is 9.72. The van der Waals surface area contributed by atoms with Gasteiger partial charge in [-0.3, -0.25) is 0 Å². The third kappa shape index (κ3) is 3.94. The van der Waals surface area contributed by atoms with Gasteiger partial charge in [0.25, 0.3) is 6.73 Å². The van der Waals surface area contributed by atoms with Crippen molar-refractivity contribution in [1.82, 2.24) is 0 Å². The molecule has 0 radical (unpaired) electrons. The van der Waals surface area contributed by atoms with Crippen LogP contribution in [-0.2, 0) is 10.8 Å². The van der Waals surface area contributed by atoms with Crippen molar-refractivity contribution in [1.29, 1.82) is 0 Å². The number of ether oxygens (including phenoxy) is 1. The van der Waals surface area contributed by atoms with Gasteiger partial charge in [-0.2, -0.15) is 4.58 Å². The molecule has 4 aromatic carbocycles. The summed E-state index contributed by atoms with van der Waals surface area (Å²) < 4.78 is 8.68. The molecule has 0 aromatic heterocycles. The van der Waals surface area contributed by atoms with Crippen molar-refractivity contribution in [2.45, 2.75) is 38.5 Å². The predicted octanol–water partition coefficient (Wildman–Crippen LogP) is 7.45. The number of fused-ring (bicyclic) bond motifs is 1. The molecule has 1 heterocycles. The molecule has 0 saturated heterocycles. The molecule has 0 amide bonds. The van der Waals surface area contributed by atoms with Gasteiger partial charge in [-0.1, -0.05) is 113 Å². The smallest absolute Gasteiger partial charge is 0.292 e. The maximum atomic E-state index is 6.50. The lowest BCUT2D eigenvalue weighted by Gasteiger charge is -2.33. The molecule has 34 heavy (non-hydrogen) atoms. The fraction of sp³-hybridized carbons (Fsp3) is 0.219. The topological polar surface area (TPSA) is 12.2 Å². The molecule has 2 nitrogen and oxygen atoms in total. The molecule has 2 heteroatoms. The Morgan fingerprint density at radius 3 is 1.74 bits per heavy atom. The molecule has 0 spiro atoms. The summed E-state index contributed by atoms with van der Waals surface area (Å²) in [6.45, 7) is 9.70. The normalized spacial score (nSPS) is 13.6. The summed E-state index contributed by atoms with van der Waals surface area (Å²) in [6, 6.07) is 36.6. The highest BCUT2D eigenvalue weighted by atomic mass is 16.5. The van der Waals surface area contributed by atoms with Crippen molar-refractivity contribution in [3.63, 3.8) is 0 Å². The van der Waals surface area contributed by atoms with Gasteiger partial charge in [-0.05, 0) is 22.8 Å². The zero-order valence-corrected chi connectivity index (χ0v) is 20.5. The van der Waals surface area contributed by atoms with Gasteiger partial charge < -0.3 is 4.74 Å². The van der Waals surface area contributed by atoms with Gasteiger partial charge in [0.15, 0.2) is 6.21 Å². The minimum absolute atomic E-state index is 0.152. The second kappa shape index (κ2) is 8.61. The first-order valence-corrected chi connectivity index (χ1v) is 12.0. The van der Waals surface area contributed by atoms with Crippen molar-refractivity contribution >= 4 is 11.9 Å². The van der Waals surface area contributed by atoms with Crippen LogP contribution in [0, 0.1) is 0 Å². The second-order valence-corrected chi connectivity index (χ2v) is 10.1. The fourth-order valence-electron chi connectivity index (χ4n) is 4.87. The molecule has 0 N–H and O–H groups in total. The van der Waals surface area contributed by atoms with Crippen molar-refractivity contribution in [3.8, 4) is 5.75 Å². The molecule has 5 rings (SSSR count). The first kappa shape index (κ1) is 22.2. The molecular formula is C32H32NO+. The maximum Gasteiger partial charge on any atom is 0.292 e. The number of benzene rings is 4. The Balaban J connectivity index is 1.73. The van der Waals surface area contributed by atoms with Gasteiger partial charge in [0.05, 0.1) is 5.56 Å². The first-order valence-electron chi connectivity index (χ1n) is 12.0. The van der Waals surface area contributed by atoms with Crippen molar-refractivity contribution in [2.24, 2.45) is 0 Å². The Morgan fingerprint density at radius 1 is 0.618 bits per heavy atom. The van der Waals surface area contributed by atoms with E-state index in [1.165, 1.54) is 22.3 Å². The molecule has 0 atom stereocenters. The van der Waals surface area contributed by atoms with E-state index in [1.54, 1.807) is 0 Å². The molecule has 0 bridgehead atoms. The molecule has 0 saturated carbocycles. The van der Waals surface area contributed by atoms with Gasteiger partial charge in [-0.25, -0.2) is 0 Å². The maximum absolute atomic E-state index is 6.50. The Bertz CT molecular complexity index is 1320. The van der Waals surface area contributed by atoms with E-state index in [9.17, 15) is 0 Å². The number of rotatable bonds is 5. The van der Waals surface area contributed by atoms with Crippen molar-refractivity contribution < 1.29 is 9.31 Å². The van der Waals surface area contributed by atoms with E-state index in [2.05, 4.69) is 136 Å². The zero-order chi connectivity index (χ0) is 23.8. The third-order valence-corrected chi connectivity index (χ3v) is 7.23. The van der Waals surface area contributed by atoms with Gasteiger partial charge >= 0.3 is 0 Å². The average Bonchev–Trinajstić information content (AvgIpc) is 2.89. The van der Waals surface area contributed by atoms with Crippen molar-refractivity contribution in [3.05, 3.63) is 131 Å². The highest BCUT2D eigenvalue weighted by Gasteiger charge is 2.34. The summed E-state index contributed by atoms with van der Waals surface area (Å²) in [4.78, 5) is 0. The molecule has 4 aromatic rings. The van der Waals surface area contributed by atoms with Gasteiger partial charge in [-0.15, -0.1) is 0 Å². The van der Waals surface area contributed by atoms with Crippen LogP contribution in [0.5, 0.6) is 5.75 Å². The van der Waals surface area contributed by atoms with Crippen LogP contribution in [0.1, 0.15) is 55.5 Å². The van der Waals surface area contributed by atoms with Crippen LogP contribution in [0.3, 0.4) is 0 Å². The van der Waals surface area contributed by atoms with E-state index in [1.807, 2.05) is 6.07 Å². The molecule has 1 aliphatic rings. The minimum atomic E-state index is -0.211. The number of hydrogen-bond donors (Lipinski definition) is 0. The van der Waals surface area contributed by atoms with Gasteiger partial charge in [0, 0.05) is 28.5 Å². The van der Waals surface area contributed by atoms with E-state index in [0.29, 0.717) is 6.73 Å². The summed E-state index contributed by atoms with van der Waals surface area (Å²) in [5.74, 6) is 0.980. The molecule has 0 unspecified atom stereocenters. The zero-order valence-electron chi connectivity index (χ0n) is 20.5. The van der Waals surface area contributed by atoms with E-state index < -0.39 is 0 Å². The average molecular weight is 447 g/mol. The fourth-order valence-corrected chi connectivity index (χ4v) is 4.87. The Labute approximate surface area is 203 Å². The highest BCUT2D eigenvalue weighted by Crippen LogP contribution is 2.43. The van der Waals surface area contributed by atoms with Crippen LogP contribution in [0.2, 0.25) is 0 Å². The SMILES string of the molecule is CC(C)(c1ccccc1)c1cc2c(c(C(C)(C)c3ccccc3)c1)OC[N+](c1ccccc1)=C2. The summed E-state index contributed by atoms with van der Waals surface area (Å²) in [7, 11) is 0. The molecule has 1 aliphatic heterocycles. The van der Waals surface area contributed by atoms with Crippen LogP contribution in [0.25, 0.3) is 0 Å². The summed E-state index contributed by atoms with van der Waals surface area (Å²) in [5, 5.41) is 0. The molecule has 0 fully saturated rings. The van der Waals surface area contributed by atoms with Crippen LogP contribution in [0.15, 0.2) is 103 Å². The number of nitrogens with zero attached hydrogens (tertiary/aromatic N) is 1. The van der Waals surface area contributed by atoms with E-state index in [-0.39, 0.29) is 10.8 Å². The minimum Gasteiger partial charge on any atom is -0.435 e. The number of para-hydroxylation sites is 1. The Hall–Kier alpha value is -3.65. The lowest BCUT2D eigenvalue weighted by Crippen LogP contribution is -2.28. The monoisotopic (exact) mass is 446 g/mol. The summed E-state index contributed by atoms with van der Waals surface area (Å²) >= 11 is 0. The third-order valence-electron chi connectivity index (χ3n) is 7.23. The summed E-state index contributed by atoms with van der Waals surface area (Å²) in [5.41, 5.74) is 6.97. The molecule has 0 aliphatic carbocycles. The van der Waals surface area contributed by atoms with Crippen LogP contribution >= 0.6 is 0 Å². The van der Waals surface area contributed by atoms with Gasteiger partial charge in [0.1, 0.15) is 5.75 Å². The van der Waals surface area contributed by atoms with Crippen LogP contribution < -0.4 is 4.74 Å². The Kier molecular flexibility index (Phi) is 5.61. The second-order valence-electron chi connectivity index (χ2n) is 10.1. The molecular weight excluding hydrogens is 414 g/mol. The largest absolute Gasteiger partial charge is 0.435 e. The first-order chi connectivity index (χ1) is 16.4. The predicted molar refractivity (Wildman–Crippen MR) is 141 cm³/mol. The molecule has 170 valence electrons. The van der Waals surface area contributed by atoms with Crippen LogP contribution in [-0.4, -0.2) is 17.5 Å². The quantitative estimate of drug-likeness (QED) is 0.290. The standard InChI is InChI=1S/C32H32NO/c1-31(2,25-14-8-5-9-15-25)27-20-24-22-33(28-18-12-7-13-19-28)23-34-30(24)29(21-27)32(3,4)26-16-10-6-11-17-26/h5-22H,23H2,1-4H3/q+1. The van der Waals surface area contributed by atoms with Gasteiger partial charge in [0.2, 0.25) is 5.69 Å². The highest BCUT2D eigenvalue weighted by molar-refractivity contribution is 5.84. The number of hydrogen-bond acceptors (Lipinski definition) is 1. The van der Waals surface area contributed by atoms with E-state index >= 15 is 0 Å². The van der Waals surface area contributed by atoms with Crippen LogP contribution in [0.4, 0.5) is 5.69 Å². The van der Waals surface area contributed by atoms with E-state index in [0.717, 1.165) is 17.0 Å². The Morgan fingerprint density at radius 2 is 1.15 bits per heavy atom. The van der Waals surface area contributed by atoms with E-state index in [4.69, 9.17) is 4.74 Å². The van der Waals surface area contributed by atoms with Crippen molar-refractivity contribution in [2.75, 3.05) is 6.73 Å².